The largest absolute Gasteiger partial charge is 0.480 e. The van der Waals surface area contributed by atoms with Gasteiger partial charge in [0.05, 0.1) is 23.0 Å². The zero-order valence-electron chi connectivity index (χ0n) is 11.4. The molecule has 1 saturated carbocycles. The average molecular weight is 286 g/mol. The number of hydrogen-bond donors (Lipinski definition) is 1. The summed E-state index contributed by atoms with van der Waals surface area (Å²) < 4.78 is 1.89. The number of aromatic nitrogens is 2. The molecule has 6 heteroatoms. The Labute approximate surface area is 118 Å². The van der Waals surface area contributed by atoms with Crippen LogP contribution in [0.1, 0.15) is 38.1 Å². The van der Waals surface area contributed by atoms with E-state index in [0.717, 1.165) is 37.2 Å². The number of nitrogens with zero attached hydrogens (tertiary/aromatic N) is 3. The van der Waals surface area contributed by atoms with E-state index in [1.165, 1.54) is 0 Å². The molecule has 0 aromatic carbocycles. The first-order valence-corrected chi connectivity index (χ1v) is 7.14. The molecular formula is C13H20ClN3O2. The first kappa shape index (κ1) is 14.3. The van der Waals surface area contributed by atoms with E-state index in [0.29, 0.717) is 17.6 Å². The van der Waals surface area contributed by atoms with Gasteiger partial charge in [-0.15, -0.1) is 0 Å². The maximum atomic E-state index is 10.9. The quantitative estimate of drug-likeness (QED) is 0.834. The van der Waals surface area contributed by atoms with Crippen LogP contribution in [0.25, 0.3) is 0 Å². The molecule has 19 heavy (non-hydrogen) atoms. The molecule has 0 spiro atoms. The van der Waals surface area contributed by atoms with Gasteiger partial charge in [-0.2, -0.15) is 5.10 Å². The highest BCUT2D eigenvalue weighted by Gasteiger charge is 2.31. The van der Waals surface area contributed by atoms with E-state index < -0.39 is 5.97 Å². The molecule has 1 aromatic heterocycles. The number of carbonyl (C=O) groups is 1. The van der Waals surface area contributed by atoms with Gasteiger partial charge in [-0.05, 0) is 26.2 Å². The summed E-state index contributed by atoms with van der Waals surface area (Å²) in [6.45, 7) is 5.42. The molecular weight excluding hydrogens is 266 g/mol. The lowest BCUT2D eigenvalue weighted by Crippen LogP contribution is -2.32. The third-order valence-electron chi connectivity index (χ3n) is 3.45. The predicted octanol–water partition coefficient (Wildman–Crippen LogP) is 2.17. The lowest BCUT2D eigenvalue weighted by Gasteiger charge is -2.20. The zero-order chi connectivity index (χ0) is 14.0. The van der Waals surface area contributed by atoms with Crippen molar-refractivity contribution in [2.24, 2.45) is 0 Å². The Balaban J connectivity index is 2.20. The second-order valence-electron chi connectivity index (χ2n) is 4.91. The number of halogens is 1. The van der Waals surface area contributed by atoms with Gasteiger partial charge in [0, 0.05) is 19.1 Å². The maximum absolute atomic E-state index is 10.9. The second-order valence-corrected chi connectivity index (χ2v) is 5.28. The molecule has 0 unspecified atom stereocenters. The highest BCUT2D eigenvalue weighted by atomic mass is 35.5. The number of carboxylic acids is 1. The van der Waals surface area contributed by atoms with Crippen molar-refractivity contribution in [1.82, 2.24) is 14.7 Å². The minimum absolute atomic E-state index is 0.0668. The molecule has 1 aliphatic rings. The standard InChI is InChI=1S/C13H20ClN3O2/c1-3-10-13(14)11(17(4-2)15-10)7-16(8-12(18)19)9-5-6-9/h9H,3-8H2,1-2H3,(H,18,19). The number of rotatable bonds is 7. The molecule has 0 aliphatic heterocycles. The molecule has 1 N–H and O–H groups in total. The molecule has 1 fully saturated rings. The topological polar surface area (TPSA) is 58.4 Å². The van der Waals surface area contributed by atoms with Crippen LogP contribution in [-0.4, -0.2) is 38.3 Å². The van der Waals surface area contributed by atoms with Crippen LogP contribution in [0.4, 0.5) is 0 Å². The van der Waals surface area contributed by atoms with Crippen LogP contribution >= 0.6 is 11.6 Å². The third kappa shape index (κ3) is 3.28. The predicted molar refractivity (Wildman–Crippen MR) is 73.4 cm³/mol. The smallest absolute Gasteiger partial charge is 0.317 e. The Morgan fingerprint density at radius 2 is 2.21 bits per heavy atom. The summed E-state index contributed by atoms with van der Waals surface area (Å²) in [5.41, 5.74) is 1.83. The van der Waals surface area contributed by atoms with E-state index in [1.54, 1.807) is 0 Å². The van der Waals surface area contributed by atoms with Gasteiger partial charge in [0.25, 0.3) is 0 Å². The SMILES string of the molecule is CCc1nn(CC)c(CN(CC(=O)O)C2CC2)c1Cl. The van der Waals surface area contributed by atoms with E-state index in [4.69, 9.17) is 16.7 Å². The van der Waals surface area contributed by atoms with Crippen molar-refractivity contribution in [2.45, 2.75) is 52.2 Å². The van der Waals surface area contributed by atoms with E-state index >= 15 is 0 Å². The third-order valence-corrected chi connectivity index (χ3v) is 3.88. The summed E-state index contributed by atoms with van der Waals surface area (Å²) in [6, 6.07) is 0.387. The second kappa shape index (κ2) is 5.92. The molecule has 0 amide bonds. The van der Waals surface area contributed by atoms with Crippen molar-refractivity contribution >= 4 is 17.6 Å². The average Bonchev–Trinajstić information content (AvgIpc) is 3.16. The maximum Gasteiger partial charge on any atom is 0.317 e. The molecule has 106 valence electrons. The summed E-state index contributed by atoms with van der Waals surface area (Å²) in [6.07, 6.45) is 2.94. The van der Waals surface area contributed by atoms with Crippen LogP contribution in [0.2, 0.25) is 5.02 Å². The van der Waals surface area contributed by atoms with Gasteiger partial charge in [-0.1, -0.05) is 18.5 Å². The minimum atomic E-state index is -0.790. The number of aliphatic carboxylic acids is 1. The number of carboxylic acid groups (broad SMARTS) is 1. The molecule has 2 rings (SSSR count). The Morgan fingerprint density at radius 3 is 2.68 bits per heavy atom. The van der Waals surface area contributed by atoms with Crippen LogP contribution in [-0.2, 0) is 24.3 Å². The Hall–Kier alpha value is -1.07. The molecule has 0 atom stereocenters. The molecule has 1 heterocycles. The highest BCUT2D eigenvalue weighted by Crippen LogP contribution is 2.30. The van der Waals surface area contributed by atoms with Gasteiger partial charge in [-0.25, -0.2) is 0 Å². The fraction of sp³-hybridized carbons (Fsp3) is 0.692. The van der Waals surface area contributed by atoms with Gasteiger partial charge >= 0.3 is 5.97 Å². The normalized spacial score (nSPS) is 15.2. The van der Waals surface area contributed by atoms with Crippen LogP contribution < -0.4 is 0 Å². The van der Waals surface area contributed by atoms with Crippen molar-refractivity contribution in [3.05, 3.63) is 16.4 Å². The Kier molecular flexibility index (Phi) is 4.47. The molecule has 0 radical (unpaired) electrons. The summed E-state index contributed by atoms with van der Waals surface area (Å²) >= 11 is 6.36. The fourth-order valence-electron chi connectivity index (χ4n) is 2.29. The van der Waals surface area contributed by atoms with Gasteiger partial charge in [-0.3, -0.25) is 14.4 Å². The lowest BCUT2D eigenvalue weighted by atomic mass is 10.2. The van der Waals surface area contributed by atoms with Gasteiger partial charge in [0.15, 0.2) is 0 Å². The Bertz CT molecular complexity index is 469. The Morgan fingerprint density at radius 1 is 1.53 bits per heavy atom. The number of aryl methyl sites for hydroxylation is 2. The van der Waals surface area contributed by atoms with Crippen LogP contribution in [0, 0.1) is 0 Å². The van der Waals surface area contributed by atoms with Crippen molar-refractivity contribution < 1.29 is 9.90 Å². The van der Waals surface area contributed by atoms with E-state index in [-0.39, 0.29) is 6.54 Å². The lowest BCUT2D eigenvalue weighted by molar-refractivity contribution is -0.138. The zero-order valence-corrected chi connectivity index (χ0v) is 12.2. The first-order valence-electron chi connectivity index (χ1n) is 6.76. The van der Waals surface area contributed by atoms with Gasteiger partial charge in [0.2, 0.25) is 0 Å². The number of hydrogen-bond acceptors (Lipinski definition) is 3. The molecule has 5 nitrogen and oxygen atoms in total. The van der Waals surface area contributed by atoms with Crippen molar-refractivity contribution in [3.63, 3.8) is 0 Å². The van der Waals surface area contributed by atoms with E-state index in [2.05, 4.69) is 5.10 Å². The van der Waals surface area contributed by atoms with Crippen molar-refractivity contribution in [1.29, 1.82) is 0 Å². The van der Waals surface area contributed by atoms with Crippen LogP contribution in [0.5, 0.6) is 0 Å². The van der Waals surface area contributed by atoms with Crippen molar-refractivity contribution in [3.8, 4) is 0 Å². The summed E-state index contributed by atoms with van der Waals surface area (Å²) in [7, 11) is 0. The van der Waals surface area contributed by atoms with Gasteiger partial charge in [0.1, 0.15) is 0 Å². The minimum Gasteiger partial charge on any atom is -0.480 e. The van der Waals surface area contributed by atoms with E-state index in [1.807, 2.05) is 23.4 Å². The monoisotopic (exact) mass is 285 g/mol. The molecule has 0 bridgehead atoms. The van der Waals surface area contributed by atoms with Gasteiger partial charge < -0.3 is 5.11 Å². The summed E-state index contributed by atoms with van der Waals surface area (Å²) in [4.78, 5) is 12.9. The van der Waals surface area contributed by atoms with Crippen LogP contribution in [0.3, 0.4) is 0 Å². The first-order chi connectivity index (χ1) is 9.06. The molecule has 1 aliphatic carbocycles. The highest BCUT2D eigenvalue weighted by molar-refractivity contribution is 6.31. The summed E-state index contributed by atoms with van der Waals surface area (Å²) in [5, 5.41) is 14.2. The van der Waals surface area contributed by atoms with Crippen LogP contribution in [0.15, 0.2) is 0 Å². The van der Waals surface area contributed by atoms with E-state index in [9.17, 15) is 4.79 Å². The molecule has 0 saturated heterocycles. The fourth-order valence-corrected chi connectivity index (χ4v) is 2.62. The molecule has 1 aromatic rings. The summed E-state index contributed by atoms with van der Waals surface area (Å²) in [5.74, 6) is -0.790. The van der Waals surface area contributed by atoms with Crippen molar-refractivity contribution in [2.75, 3.05) is 6.54 Å².